The summed E-state index contributed by atoms with van der Waals surface area (Å²) in [6.07, 6.45) is -8.25. The Morgan fingerprint density at radius 3 is 2.59 bits per heavy atom. The molecule has 0 aromatic carbocycles. The number of ether oxygens (including phenoxy) is 1. The summed E-state index contributed by atoms with van der Waals surface area (Å²) in [6, 6.07) is -1.69. The Hall–Kier alpha value is -2.64. The van der Waals surface area contributed by atoms with Gasteiger partial charge in [0.1, 0.15) is 30.8 Å². The molecule has 0 radical (unpaired) electrons. The highest BCUT2D eigenvalue weighted by Gasteiger charge is 2.46. The third-order valence-electron chi connectivity index (χ3n) is 4.40. The topological polar surface area (TPSA) is 85.2 Å². The van der Waals surface area contributed by atoms with E-state index in [2.05, 4.69) is 25.1 Å². The predicted molar refractivity (Wildman–Crippen MR) is 86.6 cm³/mol. The molecule has 1 saturated heterocycles. The number of halogens is 6. The maximum atomic E-state index is 12.5. The van der Waals surface area contributed by atoms with Crippen LogP contribution in [0.25, 0.3) is 11.0 Å². The first-order chi connectivity index (χ1) is 13.3. The van der Waals surface area contributed by atoms with E-state index in [1.807, 2.05) is 0 Å². The first kappa shape index (κ1) is 21.1. The van der Waals surface area contributed by atoms with Gasteiger partial charge in [0.2, 0.25) is 5.91 Å². The first-order valence-corrected chi connectivity index (χ1v) is 8.40. The molecule has 160 valence electrons. The van der Waals surface area contributed by atoms with Gasteiger partial charge in [-0.15, -0.1) is 13.2 Å². The molecule has 0 spiro atoms. The standard InChI is InChI=1S/C15H16F6N6O2/c1-7(13(28)27-4-10(8(27)2)29-15(19,20)21)24-11-9-3-26(5-14(16,17)18)25-12(9)23-6-22-11/h3,6-8,10H,4-5H2,1-2H3,(H,22,23,24,25)/t7-,8+,10+/m1/s1. The number of carbonyl (C=O) groups is 1. The average Bonchev–Trinajstić information content (AvgIpc) is 2.98. The minimum Gasteiger partial charge on any atom is -0.358 e. The summed E-state index contributed by atoms with van der Waals surface area (Å²) in [7, 11) is 0. The van der Waals surface area contributed by atoms with E-state index in [0.717, 1.165) is 12.5 Å². The van der Waals surface area contributed by atoms with E-state index in [1.165, 1.54) is 18.7 Å². The molecule has 0 aliphatic carbocycles. The molecule has 3 rings (SSSR count). The van der Waals surface area contributed by atoms with Gasteiger partial charge in [0.05, 0.1) is 11.4 Å². The summed E-state index contributed by atoms with van der Waals surface area (Å²) in [5.41, 5.74) is 0.00218. The number of hydrogen-bond acceptors (Lipinski definition) is 6. The molecule has 1 fully saturated rings. The van der Waals surface area contributed by atoms with Crippen molar-refractivity contribution in [2.45, 2.75) is 51.1 Å². The second kappa shape index (κ2) is 7.31. The predicted octanol–water partition coefficient (Wildman–Crippen LogP) is 2.32. The Kier molecular flexibility index (Phi) is 5.32. The molecule has 1 aliphatic heterocycles. The van der Waals surface area contributed by atoms with Gasteiger partial charge in [0, 0.05) is 12.7 Å². The Morgan fingerprint density at radius 2 is 2.00 bits per heavy atom. The monoisotopic (exact) mass is 426 g/mol. The number of alkyl halides is 6. The van der Waals surface area contributed by atoms with Gasteiger partial charge >= 0.3 is 12.5 Å². The fraction of sp³-hybridized carbons (Fsp3) is 0.600. The fourth-order valence-electron chi connectivity index (χ4n) is 2.95. The van der Waals surface area contributed by atoms with Crippen LogP contribution in [0.2, 0.25) is 0 Å². The van der Waals surface area contributed by atoms with Gasteiger partial charge < -0.3 is 10.2 Å². The number of hydrogen-bond donors (Lipinski definition) is 1. The largest absolute Gasteiger partial charge is 0.522 e. The van der Waals surface area contributed by atoms with Crippen molar-refractivity contribution in [1.29, 1.82) is 0 Å². The lowest BCUT2D eigenvalue weighted by atomic mass is 10.00. The molecular formula is C15H16F6N6O2. The average molecular weight is 426 g/mol. The Morgan fingerprint density at radius 1 is 1.31 bits per heavy atom. The first-order valence-electron chi connectivity index (χ1n) is 8.40. The van der Waals surface area contributed by atoms with Crippen LogP contribution in [-0.4, -0.2) is 67.8 Å². The van der Waals surface area contributed by atoms with Gasteiger partial charge in [0.25, 0.3) is 0 Å². The number of carbonyl (C=O) groups excluding carboxylic acids is 1. The molecule has 2 aromatic heterocycles. The Labute approximate surface area is 159 Å². The molecule has 3 heterocycles. The van der Waals surface area contributed by atoms with Crippen molar-refractivity contribution >= 4 is 22.8 Å². The summed E-state index contributed by atoms with van der Waals surface area (Å²) in [4.78, 5) is 21.4. The number of likely N-dealkylation sites (tertiary alicyclic amines) is 1. The lowest BCUT2D eigenvalue weighted by Gasteiger charge is -2.46. The van der Waals surface area contributed by atoms with Gasteiger partial charge in [-0.2, -0.15) is 18.3 Å². The maximum Gasteiger partial charge on any atom is 0.522 e. The van der Waals surface area contributed by atoms with Gasteiger partial charge in [-0.05, 0) is 13.8 Å². The van der Waals surface area contributed by atoms with Crippen molar-refractivity contribution < 1.29 is 35.9 Å². The molecule has 1 N–H and O–H groups in total. The van der Waals surface area contributed by atoms with E-state index in [4.69, 9.17) is 0 Å². The third kappa shape index (κ3) is 4.86. The highest BCUT2D eigenvalue weighted by molar-refractivity contribution is 5.90. The molecule has 2 aromatic rings. The SMILES string of the molecule is C[C@@H](Nc1ncnc2nn(CC(F)(F)F)cc12)C(=O)N1C[C@H](OC(F)(F)F)[C@@H]1C. The number of nitrogens with one attached hydrogen (secondary N) is 1. The van der Waals surface area contributed by atoms with Crippen molar-refractivity contribution in [3.05, 3.63) is 12.5 Å². The van der Waals surface area contributed by atoms with E-state index >= 15 is 0 Å². The van der Waals surface area contributed by atoms with Crippen molar-refractivity contribution in [1.82, 2.24) is 24.6 Å². The van der Waals surface area contributed by atoms with Crippen LogP contribution in [0, 0.1) is 0 Å². The zero-order valence-corrected chi connectivity index (χ0v) is 15.1. The molecule has 8 nitrogen and oxygen atoms in total. The molecular weight excluding hydrogens is 410 g/mol. The number of rotatable bonds is 5. The quantitative estimate of drug-likeness (QED) is 0.739. The van der Waals surface area contributed by atoms with Crippen molar-refractivity contribution in [3.63, 3.8) is 0 Å². The molecule has 0 unspecified atom stereocenters. The maximum absolute atomic E-state index is 12.5. The third-order valence-corrected chi connectivity index (χ3v) is 4.40. The highest BCUT2D eigenvalue weighted by atomic mass is 19.4. The lowest BCUT2D eigenvalue weighted by molar-refractivity contribution is -0.359. The number of amides is 1. The van der Waals surface area contributed by atoms with E-state index < -0.39 is 43.2 Å². The van der Waals surface area contributed by atoms with Crippen LogP contribution in [0.5, 0.6) is 0 Å². The summed E-state index contributed by atoms with van der Waals surface area (Å²) >= 11 is 0. The van der Waals surface area contributed by atoms with Gasteiger partial charge in [-0.1, -0.05) is 0 Å². The zero-order valence-electron chi connectivity index (χ0n) is 15.1. The van der Waals surface area contributed by atoms with E-state index in [0.29, 0.717) is 4.68 Å². The summed E-state index contributed by atoms with van der Waals surface area (Å²) in [5.74, 6) is -0.422. The van der Waals surface area contributed by atoms with Crippen LogP contribution in [0.15, 0.2) is 12.5 Å². The molecule has 14 heteroatoms. The van der Waals surface area contributed by atoms with Crippen molar-refractivity contribution in [3.8, 4) is 0 Å². The molecule has 1 aliphatic rings. The van der Waals surface area contributed by atoms with Crippen LogP contribution in [-0.2, 0) is 16.1 Å². The number of nitrogens with zero attached hydrogens (tertiary/aromatic N) is 5. The number of anilines is 1. The minimum atomic E-state index is -4.79. The summed E-state index contributed by atoms with van der Waals surface area (Å²) in [5, 5.41) is 6.64. The molecule has 0 bridgehead atoms. The smallest absolute Gasteiger partial charge is 0.358 e. The normalized spacial score (nSPS) is 21.2. The second-order valence-electron chi connectivity index (χ2n) is 6.60. The molecule has 3 atom stereocenters. The number of fused-ring (bicyclic) bond motifs is 1. The van der Waals surface area contributed by atoms with Gasteiger partial charge in [-0.3, -0.25) is 14.2 Å². The van der Waals surface area contributed by atoms with Crippen LogP contribution in [0.1, 0.15) is 13.8 Å². The van der Waals surface area contributed by atoms with Gasteiger partial charge in [-0.25, -0.2) is 9.97 Å². The minimum absolute atomic E-state index is 0.00218. The molecule has 29 heavy (non-hydrogen) atoms. The van der Waals surface area contributed by atoms with Crippen molar-refractivity contribution in [2.75, 3.05) is 11.9 Å². The van der Waals surface area contributed by atoms with Crippen molar-refractivity contribution in [2.24, 2.45) is 0 Å². The van der Waals surface area contributed by atoms with E-state index in [-0.39, 0.29) is 23.4 Å². The second-order valence-corrected chi connectivity index (χ2v) is 6.60. The van der Waals surface area contributed by atoms with Crippen LogP contribution in [0.3, 0.4) is 0 Å². The number of aromatic nitrogens is 4. The zero-order chi connectivity index (χ0) is 21.6. The highest BCUT2D eigenvalue weighted by Crippen LogP contribution is 2.29. The van der Waals surface area contributed by atoms with E-state index in [9.17, 15) is 31.1 Å². The molecule has 0 saturated carbocycles. The molecule has 1 amide bonds. The Balaban J connectivity index is 1.68. The van der Waals surface area contributed by atoms with E-state index in [1.54, 1.807) is 0 Å². The summed E-state index contributed by atoms with van der Waals surface area (Å²) in [6.45, 7) is 1.34. The van der Waals surface area contributed by atoms with Crippen LogP contribution < -0.4 is 5.32 Å². The van der Waals surface area contributed by atoms with Crippen LogP contribution in [0.4, 0.5) is 32.2 Å². The van der Waals surface area contributed by atoms with Gasteiger partial charge in [0.15, 0.2) is 5.65 Å². The fourth-order valence-corrected chi connectivity index (χ4v) is 2.95. The Bertz CT molecular complexity index is 898. The lowest BCUT2D eigenvalue weighted by Crippen LogP contribution is -2.64. The summed E-state index contributed by atoms with van der Waals surface area (Å²) < 4.78 is 79.1. The van der Waals surface area contributed by atoms with Crippen LogP contribution >= 0.6 is 0 Å².